The molecule has 0 aliphatic carbocycles. The molecule has 2 aromatic rings. The highest BCUT2D eigenvalue weighted by atomic mass is 16.5. The van der Waals surface area contributed by atoms with Crippen molar-refractivity contribution in [1.82, 2.24) is 5.43 Å². The first kappa shape index (κ1) is 15.6. The molecule has 0 aliphatic rings. The first-order chi connectivity index (χ1) is 10.7. The second kappa shape index (κ2) is 7.83. The Morgan fingerprint density at radius 1 is 1.09 bits per heavy atom. The monoisotopic (exact) mass is 298 g/mol. The Hall–Kier alpha value is -2.82. The van der Waals surface area contributed by atoms with E-state index >= 15 is 0 Å². The van der Waals surface area contributed by atoms with E-state index in [1.165, 1.54) is 0 Å². The summed E-state index contributed by atoms with van der Waals surface area (Å²) >= 11 is 0. The van der Waals surface area contributed by atoms with Crippen LogP contribution in [0.3, 0.4) is 0 Å². The largest absolute Gasteiger partial charge is 0.497 e. The molecule has 0 unspecified atom stereocenters. The Bertz CT molecular complexity index is 624. The Morgan fingerprint density at radius 3 is 2.41 bits per heavy atom. The number of nitrogens with zero attached hydrogens (tertiary/aromatic N) is 1. The maximum atomic E-state index is 11.9. The number of amides is 1. The summed E-state index contributed by atoms with van der Waals surface area (Å²) in [7, 11) is 1.61. The summed E-state index contributed by atoms with van der Waals surface area (Å²) in [5.41, 5.74) is 3.31. The number of para-hydroxylation sites is 1. The number of hydrogen-bond acceptors (Lipinski definition) is 4. The van der Waals surface area contributed by atoms with Crippen LogP contribution < -0.4 is 14.9 Å². The van der Waals surface area contributed by atoms with Crippen LogP contribution in [0.1, 0.15) is 12.5 Å². The van der Waals surface area contributed by atoms with Gasteiger partial charge < -0.3 is 9.47 Å². The Labute approximate surface area is 129 Å². The number of ether oxygens (including phenoxy) is 2. The lowest BCUT2D eigenvalue weighted by Gasteiger charge is -2.12. The minimum absolute atomic E-state index is 0.311. The number of methoxy groups -OCH3 is 1. The summed E-state index contributed by atoms with van der Waals surface area (Å²) in [5, 5.41) is 3.91. The van der Waals surface area contributed by atoms with E-state index in [9.17, 15) is 4.79 Å². The molecule has 0 heterocycles. The number of rotatable bonds is 6. The molecule has 5 heteroatoms. The average Bonchev–Trinajstić information content (AvgIpc) is 2.56. The van der Waals surface area contributed by atoms with Gasteiger partial charge in [-0.15, -0.1) is 0 Å². The zero-order chi connectivity index (χ0) is 15.8. The first-order valence-electron chi connectivity index (χ1n) is 6.87. The van der Waals surface area contributed by atoms with Crippen LogP contribution in [0.4, 0.5) is 0 Å². The van der Waals surface area contributed by atoms with E-state index in [4.69, 9.17) is 9.47 Å². The third kappa shape index (κ3) is 4.63. The zero-order valence-corrected chi connectivity index (χ0v) is 12.5. The summed E-state index contributed by atoms with van der Waals surface area (Å²) in [6.07, 6.45) is 0.933. The van der Waals surface area contributed by atoms with Crippen LogP contribution in [0.25, 0.3) is 0 Å². The molecule has 0 aliphatic heterocycles. The zero-order valence-electron chi connectivity index (χ0n) is 12.5. The van der Waals surface area contributed by atoms with E-state index in [1.54, 1.807) is 32.4 Å². The molecule has 2 rings (SSSR count). The van der Waals surface area contributed by atoms with E-state index < -0.39 is 6.10 Å². The first-order valence-corrected chi connectivity index (χ1v) is 6.87. The molecule has 0 spiro atoms. The van der Waals surface area contributed by atoms with E-state index in [0.717, 1.165) is 11.3 Å². The highest BCUT2D eigenvalue weighted by molar-refractivity contribution is 5.84. The van der Waals surface area contributed by atoms with Gasteiger partial charge >= 0.3 is 0 Å². The third-order valence-electron chi connectivity index (χ3n) is 2.93. The topological polar surface area (TPSA) is 59.9 Å². The maximum Gasteiger partial charge on any atom is 0.280 e. The van der Waals surface area contributed by atoms with Crippen LogP contribution >= 0.6 is 0 Å². The summed E-state index contributed by atoms with van der Waals surface area (Å²) < 4.78 is 10.6. The Morgan fingerprint density at radius 2 is 1.77 bits per heavy atom. The smallest absolute Gasteiger partial charge is 0.280 e. The summed E-state index contributed by atoms with van der Waals surface area (Å²) in [4.78, 5) is 11.9. The highest BCUT2D eigenvalue weighted by Crippen LogP contribution is 2.11. The normalized spacial score (nSPS) is 11.9. The van der Waals surface area contributed by atoms with Gasteiger partial charge in [-0.05, 0) is 48.9 Å². The lowest BCUT2D eigenvalue weighted by molar-refractivity contribution is -0.127. The fourth-order valence-corrected chi connectivity index (χ4v) is 1.71. The molecule has 1 amide bonds. The number of hydrazone groups is 1. The fourth-order valence-electron chi connectivity index (χ4n) is 1.71. The van der Waals surface area contributed by atoms with Crippen LogP contribution in [-0.2, 0) is 4.79 Å². The van der Waals surface area contributed by atoms with Crippen molar-refractivity contribution in [2.24, 2.45) is 5.10 Å². The number of nitrogens with one attached hydrogen (secondary N) is 1. The van der Waals surface area contributed by atoms with Gasteiger partial charge in [-0.3, -0.25) is 4.79 Å². The molecule has 0 saturated carbocycles. The van der Waals surface area contributed by atoms with Gasteiger partial charge in [0.1, 0.15) is 11.5 Å². The van der Waals surface area contributed by atoms with Gasteiger partial charge in [-0.25, -0.2) is 5.43 Å². The van der Waals surface area contributed by atoms with Gasteiger partial charge in [-0.2, -0.15) is 5.10 Å². The third-order valence-corrected chi connectivity index (χ3v) is 2.93. The molecule has 2 aromatic carbocycles. The predicted molar refractivity (Wildman–Crippen MR) is 85.3 cm³/mol. The number of carbonyl (C=O) groups excluding carboxylic acids is 1. The molecule has 22 heavy (non-hydrogen) atoms. The van der Waals surface area contributed by atoms with Crippen LogP contribution in [0, 0.1) is 0 Å². The molecule has 5 nitrogen and oxygen atoms in total. The summed E-state index contributed by atoms with van der Waals surface area (Å²) in [6.45, 7) is 1.67. The molecule has 0 saturated heterocycles. The van der Waals surface area contributed by atoms with Crippen molar-refractivity contribution in [1.29, 1.82) is 0 Å². The highest BCUT2D eigenvalue weighted by Gasteiger charge is 2.13. The lowest BCUT2D eigenvalue weighted by atomic mass is 10.2. The van der Waals surface area contributed by atoms with Gasteiger partial charge in [0.2, 0.25) is 0 Å². The van der Waals surface area contributed by atoms with E-state index in [-0.39, 0.29) is 5.91 Å². The fraction of sp³-hybridized carbons (Fsp3) is 0.176. The molecular formula is C17H18N2O3. The van der Waals surface area contributed by atoms with Crippen molar-refractivity contribution in [3.8, 4) is 11.5 Å². The summed E-state index contributed by atoms with van der Waals surface area (Å²) in [5.74, 6) is 1.10. The Kier molecular flexibility index (Phi) is 5.54. The molecule has 114 valence electrons. The van der Waals surface area contributed by atoms with Gasteiger partial charge in [0.15, 0.2) is 6.10 Å². The molecule has 1 N–H and O–H groups in total. The van der Waals surface area contributed by atoms with Crippen LogP contribution in [0.5, 0.6) is 11.5 Å². The number of benzene rings is 2. The Balaban J connectivity index is 1.84. The maximum absolute atomic E-state index is 11.9. The van der Waals surface area contributed by atoms with Crippen LogP contribution in [0.2, 0.25) is 0 Å². The van der Waals surface area contributed by atoms with Crippen molar-refractivity contribution in [2.45, 2.75) is 13.0 Å². The molecule has 0 aromatic heterocycles. The number of hydrogen-bond donors (Lipinski definition) is 1. The second-order valence-electron chi connectivity index (χ2n) is 4.58. The quantitative estimate of drug-likeness (QED) is 0.659. The molecular weight excluding hydrogens is 280 g/mol. The van der Waals surface area contributed by atoms with Gasteiger partial charge in [0, 0.05) is 0 Å². The van der Waals surface area contributed by atoms with Crippen LogP contribution in [0.15, 0.2) is 59.7 Å². The van der Waals surface area contributed by atoms with Crippen molar-refractivity contribution in [2.75, 3.05) is 7.11 Å². The van der Waals surface area contributed by atoms with E-state index in [2.05, 4.69) is 10.5 Å². The number of carbonyl (C=O) groups is 1. The van der Waals surface area contributed by atoms with Crippen molar-refractivity contribution in [3.05, 3.63) is 60.2 Å². The van der Waals surface area contributed by atoms with Gasteiger partial charge in [-0.1, -0.05) is 18.2 Å². The van der Waals surface area contributed by atoms with Gasteiger partial charge in [0.25, 0.3) is 5.91 Å². The lowest BCUT2D eigenvalue weighted by Crippen LogP contribution is -2.33. The molecule has 0 radical (unpaired) electrons. The van der Waals surface area contributed by atoms with Crippen molar-refractivity contribution in [3.63, 3.8) is 0 Å². The SMILES string of the molecule is COc1ccc(C=NNC(=O)[C@H](C)Oc2ccccc2)cc1. The molecule has 0 bridgehead atoms. The minimum atomic E-state index is -0.629. The average molecular weight is 298 g/mol. The predicted octanol–water partition coefficient (Wildman–Crippen LogP) is 2.61. The molecule has 0 fully saturated rings. The van der Waals surface area contributed by atoms with E-state index in [0.29, 0.717) is 5.75 Å². The van der Waals surface area contributed by atoms with Crippen molar-refractivity contribution >= 4 is 12.1 Å². The summed E-state index contributed by atoms with van der Waals surface area (Å²) in [6, 6.07) is 16.5. The van der Waals surface area contributed by atoms with E-state index in [1.807, 2.05) is 42.5 Å². The standard InChI is InChI=1S/C17H18N2O3/c1-13(22-16-6-4-3-5-7-16)17(20)19-18-12-14-8-10-15(21-2)11-9-14/h3-13H,1-2H3,(H,19,20)/t13-/m0/s1. The second-order valence-corrected chi connectivity index (χ2v) is 4.58. The van der Waals surface area contributed by atoms with Crippen LogP contribution in [-0.4, -0.2) is 25.3 Å². The van der Waals surface area contributed by atoms with Crippen molar-refractivity contribution < 1.29 is 14.3 Å². The minimum Gasteiger partial charge on any atom is -0.497 e. The van der Waals surface area contributed by atoms with Gasteiger partial charge in [0.05, 0.1) is 13.3 Å². The molecule has 1 atom stereocenters.